The van der Waals surface area contributed by atoms with E-state index in [2.05, 4.69) is 4.98 Å². The summed E-state index contributed by atoms with van der Waals surface area (Å²) in [4.78, 5) is 28.2. The molecular weight excluding hydrogens is 254 g/mol. The van der Waals surface area contributed by atoms with Gasteiger partial charge in [-0.15, -0.1) is 0 Å². The molecule has 0 saturated carbocycles. The third kappa shape index (κ3) is 2.06. The lowest BCUT2D eigenvalue weighted by Gasteiger charge is -2.09. The van der Waals surface area contributed by atoms with E-state index in [9.17, 15) is 9.59 Å². The second-order valence-corrected chi connectivity index (χ2v) is 4.56. The zero-order chi connectivity index (χ0) is 13.3. The summed E-state index contributed by atoms with van der Waals surface area (Å²) in [5, 5.41) is 0.675. The highest BCUT2D eigenvalue weighted by molar-refractivity contribution is 6.30. The van der Waals surface area contributed by atoms with Gasteiger partial charge in [0.15, 0.2) is 0 Å². The molecule has 2 heterocycles. The molecule has 0 aliphatic carbocycles. The monoisotopic (exact) mass is 267 g/mol. The Hall–Kier alpha value is -1.62. The molecule has 0 amide bonds. The molecule has 2 aromatic rings. The van der Waals surface area contributed by atoms with Crippen molar-refractivity contribution in [2.24, 2.45) is 7.05 Å². The van der Waals surface area contributed by atoms with Crippen molar-refractivity contribution >= 4 is 22.5 Å². The Balaban J connectivity index is 2.80. The maximum atomic E-state index is 12.2. The zero-order valence-electron chi connectivity index (χ0n) is 10.3. The van der Waals surface area contributed by atoms with Gasteiger partial charge in [0, 0.05) is 13.6 Å². The van der Waals surface area contributed by atoms with Crippen LogP contribution in [-0.2, 0) is 13.6 Å². The molecule has 0 unspecified atom stereocenters. The topological polar surface area (TPSA) is 56.9 Å². The summed E-state index contributed by atoms with van der Waals surface area (Å²) in [5.74, 6) is 0. The van der Waals surface area contributed by atoms with Crippen molar-refractivity contribution in [1.29, 1.82) is 0 Å². The summed E-state index contributed by atoms with van der Waals surface area (Å²) in [5.41, 5.74) is -0.113. The largest absolute Gasteiger partial charge is 0.331 e. The van der Waals surface area contributed by atoms with Crippen LogP contribution in [0, 0.1) is 0 Å². The second kappa shape index (κ2) is 4.94. The lowest BCUT2D eigenvalue weighted by molar-refractivity contribution is 0.568. The second-order valence-electron chi connectivity index (χ2n) is 4.18. The van der Waals surface area contributed by atoms with Crippen LogP contribution in [0.4, 0.5) is 0 Å². The van der Waals surface area contributed by atoms with Crippen LogP contribution >= 0.6 is 11.6 Å². The minimum Gasteiger partial charge on any atom is -0.295 e. The SMILES string of the molecule is CCCCn1c(=O)c2cc(Cl)ncc2n(C)c1=O. The molecule has 0 bridgehead atoms. The van der Waals surface area contributed by atoms with Gasteiger partial charge in [0.05, 0.1) is 17.1 Å². The molecule has 0 radical (unpaired) electrons. The van der Waals surface area contributed by atoms with Crippen LogP contribution in [0.25, 0.3) is 10.9 Å². The molecule has 0 aliphatic heterocycles. The first-order chi connectivity index (χ1) is 8.56. The lowest BCUT2D eigenvalue weighted by atomic mass is 10.3. The van der Waals surface area contributed by atoms with Crippen molar-refractivity contribution in [2.75, 3.05) is 0 Å². The number of hydrogen-bond donors (Lipinski definition) is 0. The summed E-state index contributed by atoms with van der Waals surface area (Å²) in [6, 6.07) is 1.50. The molecule has 5 nitrogen and oxygen atoms in total. The minimum atomic E-state index is -0.315. The maximum Gasteiger partial charge on any atom is 0.331 e. The Bertz CT molecular complexity index is 703. The summed E-state index contributed by atoms with van der Waals surface area (Å²) >= 11 is 5.79. The normalized spacial score (nSPS) is 11.1. The van der Waals surface area contributed by atoms with E-state index in [-0.39, 0.29) is 16.4 Å². The highest BCUT2D eigenvalue weighted by Crippen LogP contribution is 2.11. The number of aryl methyl sites for hydroxylation is 1. The van der Waals surface area contributed by atoms with Crippen molar-refractivity contribution in [3.63, 3.8) is 0 Å². The Labute approximate surface area is 109 Å². The summed E-state index contributed by atoms with van der Waals surface area (Å²) in [6.45, 7) is 2.44. The molecule has 0 fully saturated rings. The molecule has 0 N–H and O–H groups in total. The molecule has 18 heavy (non-hydrogen) atoms. The van der Waals surface area contributed by atoms with Crippen LogP contribution in [0.5, 0.6) is 0 Å². The van der Waals surface area contributed by atoms with E-state index in [4.69, 9.17) is 11.6 Å². The van der Waals surface area contributed by atoms with Crippen molar-refractivity contribution in [3.8, 4) is 0 Å². The van der Waals surface area contributed by atoms with Gasteiger partial charge in [0.1, 0.15) is 5.15 Å². The first-order valence-electron chi connectivity index (χ1n) is 5.81. The van der Waals surface area contributed by atoms with Crippen LogP contribution in [0.15, 0.2) is 21.9 Å². The Morgan fingerprint density at radius 1 is 1.39 bits per heavy atom. The average Bonchev–Trinajstić information content (AvgIpc) is 2.36. The highest BCUT2D eigenvalue weighted by Gasteiger charge is 2.11. The van der Waals surface area contributed by atoms with Gasteiger partial charge in [-0.25, -0.2) is 9.78 Å². The number of nitrogens with zero attached hydrogens (tertiary/aromatic N) is 3. The summed E-state index contributed by atoms with van der Waals surface area (Å²) in [7, 11) is 1.63. The minimum absolute atomic E-state index is 0.250. The summed E-state index contributed by atoms with van der Waals surface area (Å²) in [6.07, 6.45) is 3.16. The smallest absolute Gasteiger partial charge is 0.295 e. The third-order valence-corrected chi connectivity index (χ3v) is 3.15. The standard InChI is InChI=1S/C12H14ClN3O2/c1-3-4-5-16-11(17)8-6-10(13)14-7-9(8)15(2)12(16)18/h6-7H,3-5H2,1-2H3. The first kappa shape index (κ1) is 12.8. The number of unbranched alkanes of at least 4 members (excludes halogenated alkanes) is 1. The van der Waals surface area contributed by atoms with Gasteiger partial charge in [-0.05, 0) is 12.5 Å². The van der Waals surface area contributed by atoms with Crippen molar-refractivity contribution in [3.05, 3.63) is 38.3 Å². The fourth-order valence-corrected chi connectivity index (χ4v) is 2.05. The number of aromatic nitrogens is 3. The number of pyridine rings is 1. The Kier molecular flexibility index (Phi) is 3.52. The predicted octanol–water partition coefficient (Wildman–Crippen LogP) is 1.55. The number of rotatable bonds is 3. The van der Waals surface area contributed by atoms with Gasteiger partial charge >= 0.3 is 5.69 Å². The van der Waals surface area contributed by atoms with E-state index in [0.29, 0.717) is 17.4 Å². The molecule has 6 heteroatoms. The molecule has 0 saturated heterocycles. The number of halogens is 1. The lowest BCUT2D eigenvalue weighted by Crippen LogP contribution is -2.39. The Morgan fingerprint density at radius 3 is 2.78 bits per heavy atom. The third-order valence-electron chi connectivity index (χ3n) is 2.94. The molecule has 0 aromatic carbocycles. The molecule has 2 rings (SSSR count). The fourth-order valence-electron chi connectivity index (χ4n) is 1.89. The van der Waals surface area contributed by atoms with Crippen LogP contribution < -0.4 is 11.2 Å². The van der Waals surface area contributed by atoms with Crippen LogP contribution in [-0.4, -0.2) is 14.1 Å². The van der Waals surface area contributed by atoms with Gasteiger partial charge in [0.25, 0.3) is 5.56 Å². The first-order valence-corrected chi connectivity index (χ1v) is 6.19. The van der Waals surface area contributed by atoms with Crippen molar-refractivity contribution in [2.45, 2.75) is 26.3 Å². The molecule has 0 atom stereocenters. The molecular formula is C12H14ClN3O2. The zero-order valence-corrected chi connectivity index (χ0v) is 11.1. The molecule has 0 aliphatic rings. The van der Waals surface area contributed by atoms with Gasteiger partial charge < -0.3 is 0 Å². The fraction of sp³-hybridized carbons (Fsp3) is 0.417. The van der Waals surface area contributed by atoms with Gasteiger partial charge in [-0.2, -0.15) is 0 Å². The van der Waals surface area contributed by atoms with Gasteiger partial charge in [-0.1, -0.05) is 24.9 Å². The molecule has 0 spiro atoms. The summed E-state index contributed by atoms with van der Waals surface area (Å²) < 4.78 is 2.68. The number of hydrogen-bond acceptors (Lipinski definition) is 3. The van der Waals surface area contributed by atoms with Crippen LogP contribution in [0.2, 0.25) is 5.15 Å². The van der Waals surface area contributed by atoms with E-state index >= 15 is 0 Å². The average molecular weight is 268 g/mol. The van der Waals surface area contributed by atoms with E-state index in [1.54, 1.807) is 7.05 Å². The predicted molar refractivity (Wildman–Crippen MR) is 71.2 cm³/mol. The van der Waals surface area contributed by atoms with Gasteiger partial charge in [-0.3, -0.25) is 13.9 Å². The molecule has 96 valence electrons. The van der Waals surface area contributed by atoms with E-state index in [1.165, 1.54) is 21.4 Å². The Morgan fingerprint density at radius 2 is 2.11 bits per heavy atom. The van der Waals surface area contributed by atoms with Crippen LogP contribution in [0.1, 0.15) is 19.8 Å². The highest BCUT2D eigenvalue weighted by atomic mass is 35.5. The maximum absolute atomic E-state index is 12.2. The van der Waals surface area contributed by atoms with Crippen molar-refractivity contribution in [1.82, 2.24) is 14.1 Å². The van der Waals surface area contributed by atoms with Gasteiger partial charge in [0.2, 0.25) is 0 Å². The van der Waals surface area contributed by atoms with E-state index < -0.39 is 0 Å². The van der Waals surface area contributed by atoms with E-state index in [0.717, 1.165) is 12.8 Å². The van der Waals surface area contributed by atoms with E-state index in [1.807, 2.05) is 6.92 Å². The quantitative estimate of drug-likeness (QED) is 0.793. The number of fused-ring (bicyclic) bond motifs is 1. The van der Waals surface area contributed by atoms with Crippen molar-refractivity contribution < 1.29 is 0 Å². The molecule has 2 aromatic heterocycles. The van der Waals surface area contributed by atoms with Crippen LogP contribution in [0.3, 0.4) is 0 Å².